The van der Waals surface area contributed by atoms with Crippen LogP contribution in [0.2, 0.25) is 0 Å². The van der Waals surface area contributed by atoms with Crippen molar-refractivity contribution in [3.8, 4) is 0 Å². The number of aryl methyl sites for hydroxylation is 3. The van der Waals surface area contributed by atoms with Crippen molar-refractivity contribution in [3.05, 3.63) is 29.6 Å². The van der Waals surface area contributed by atoms with E-state index in [9.17, 15) is 0 Å². The van der Waals surface area contributed by atoms with Gasteiger partial charge < -0.3 is 0 Å². The zero-order chi connectivity index (χ0) is 22.4. The van der Waals surface area contributed by atoms with Crippen LogP contribution in [0.1, 0.15) is 154 Å². The van der Waals surface area contributed by atoms with Gasteiger partial charge >= 0.3 is 0 Å². The van der Waals surface area contributed by atoms with Crippen LogP contribution in [-0.2, 0) is 19.4 Å². The van der Waals surface area contributed by atoms with E-state index in [1.165, 1.54) is 141 Å². The summed E-state index contributed by atoms with van der Waals surface area (Å²) < 4.78 is 2.48. The summed E-state index contributed by atoms with van der Waals surface area (Å²) in [7, 11) is 0. The van der Waals surface area contributed by atoms with Crippen LogP contribution in [0.4, 0.5) is 0 Å². The molecule has 1 aromatic heterocycles. The highest BCUT2D eigenvalue weighted by Crippen LogP contribution is 2.15. The third-order valence-corrected chi connectivity index (χ3v) is 6.82. The molecule has 0 saturated heterocycles. The highest BCUT2D eigenvalue weighted by molar-refractivity contribution is 5.21. The van der Waals surface area contributed by atoms with E-state index < -0.39 is 0 Å². The van der Waals surface area contributed by atoms with Crippen LogP contribution in [0.5, 0.6) is 0 Å². The lowest BCUT2D eigenvalue weighted by atomic mass is 9.99. The van der Waals surface area contributed by atoms with E-state index >= 15 is 0 Å². The molecule has 1 heteroatoms. The number of unbranched alkanes of at least 4 members (excludes halogenated alkanes) is 16. The van der Waals surface area contributed by atoms with Gasteiger partial charge in [0.25, 0.3) is 0 Å². The van der Waals surface area contributed by atoms with Gasteiger partial charge in [-0.15, -0.1) is 0 Å². The van der Waals surface area contributed by atoms with Gasteiger partial charge in [-0.3, -0.25) is 0 Å². The molecule has 1 aromatic rings. The van der Waals surface area contributed by atoms with E-state index in [4.69, 9.17) is 0 Å². The van der Waals surface area contributed by atoms with Crippen LogP contribution in [-0.4, -0.2) is 0 Å². The summed E-state index contributed by atoms with van der Waals surface area (Å²) in [5, 5.41) is 0. The Labute approximate surface area is 196 Å². The lowest BCUT2D eigenvalue weighted by Gasteiger charge is -2.09. The van der Waals surface area contributed by atoms with Gasteiger partial charge in [0.05, 0.1) is 0 Å². The predicted molar refractivity (Wildman–Crippen MR) is 139 cm³/mol. The molecule has 0 aliphatic rings. The fraction of sp³-hybridized carbons (Fsp3) is 0.833. The Morgan fingerprint density at radius 1 is 0.484 bits per heavy atom. The quantitative estimate of drug-likeness (QED) is 0.127. The third kappa shape index (κ3) is 15.6. The maximum absolute atomic E-state index is 2.48. The van der Waals surface area contributed by atoms with Crippen LogP contribution >= 0.6 is 0 Å². The molecule has 1 heterocycles. The van der Waals surface area contributed by atoms with Gasteiger partial charge in [0.15, 0.2) is 12.4 Å². The number of hydrogen-bond acceptors (Lipinski definition) is 0. The molecule has 1 rings (SSSR count). The first-order chi connectivity index (χ1) is 15.3. The number of nitrogens with zero attached hydrogens (tertiary/aromatic N) is 1. The van der Waals surface area contributed by atoms with Crippen LogP contribution < -0.4 is 4.57 Å². The molecule has 0 bridgehead atoms. The number of hydrogen-bond donors (Lipinski definition) is 0. The highest BCUT2D eigenvalue weighted by Gasteiger charge is 2.09. The van der Waals surface area contributed by atoms with Gasteiger partial charge in [0.1, 0.15) is 6.54 Å². The summed E-state index contributed by atoms with van der Waals surface area (Å²) in [6.07, 6.45) is 34.1. The molecule has 0 atom stereocenters. The van der Waals surface area contributed by atoms with Crippen molar-refractivity contribution in [1.82, 2.24) is 0 Å². The average molecular weight is 431 g/mol. The summed E-state index contributed by atoms with van der Waals surface area (Å²) in [5.41, 5.74) is 3.24. The summed E-state index contributed by atoms with van der Waals surface area (Å²) >= 11 is 0. The Balaban J connectivity index is 2.17. The van der Waals surface area contributed by atoms with E-state index in [2.05, 4.69) is 43.8 Å². The summed E-state index contributed by atoms with van der Waals surface area (Å²) in [5.74, 6) is 0. The SMILES string of the molecule is CCCCCCCCCCCCCCC[n+]1ccc(CCCCC)c(CCCCC)c1. The smallest absolute Gasteiger partial charge is 0.172 e. The lowest BCUT2D eigenvalue weighted by molar-refractivity contribution is -0.697. The first-order valence-electron chi connectivity index (χ1n) is 14.3. The zero-order valence-electron chi connectivity index (χ0n) is 21.7. The predicted octanol–water partition coefficient (Wildman–Crippen LogP) is 9.53. The van der Waals surface area contributed by atoms with Crippen molar-refractivity contribution in [3.63, 3.8) is 0 Å². The van der Waals surface area contributed by atoms with Crippen molar-refractivity contribution in [1.29, 1.82) is 0 Å². The van der Waals surface area contributed by atoms with Crippen LogP contribution in [0.3, 0.4) is 0 Å². The molecule has 0 spiro atoms. The van der Waals surface area contributed by atoms with Gasteiger partial charge in [0.2, 0.25) is 0 Å². The average Bonchev–Trinajstić information content (AvgIpc) is 2.78. The van der Waals surface area contributed by atoms with Crippen molar-refractivity contribution in [2.75, 3.05) is 0 Å². The molecule has 0 fully saturated rings. The van der Waals surface area contributed by atoms with E-state index in [-0.39, 0.29) is 0 Å². The summed E-state index contributed by atoms with van der Waals surface area (Å²) in [6, 6.07) is 2.43. The first kappa shape index (κ1) is 28.2. The van der Waals surface area contributed by atoms with Gasteiger partial charge in [0, 0.05) is 18.1 Å². The molecule has 31 heavy (non-hydrogen) atoms. The fourth-order valence-corrected chi connectivity index (χ4v) is 4.67. The topological polar surface area (TPSA) is 3.88 Å². The largest absolute Gasteiger partial charge is 0.205 e. The minimum Gasteiger partial charge on any atom is -0.205 e. The second-order valence-corrected chi connectivity index (χ2v) is 9.89. The molecule has 180 valence electrons. The number of pyridine rings is 1. The van der Waals surface area contributed by atoms with Crippen molar-refractivity contribution in [2.24, 2.45) is 0 Å². The first-order valence-corrected chi connectivity index (χ1v) is 14.3. The van der Waals surface area contributed by atoms with E-state index in [1.807, 2.05) is 0 Å². The molecular weight excluding hydrogens is 374 g/mol. The van der Waals surface area contributed by atoms with E-state index in [0.717, 1.165) is 0 Å². The number of rotatable bonds is 22. The zero-order valence-corrected chi connectivity index (χ0v) is 21.7. The molecule has 0 unspecified atom stereocenters. The van der Waals surface area contributed by atoms with Crippen LogP contribution in [0, 0.1) is 0 Å². The Kier molecular flexibility index (Phi) is 19.1. The lowest BCUT2D eigenvalue weighted by Crippen LogP contribution is -2.33. The maximum atomic E-state index is 2.48. The van der Waals surface area contributed by atoms with Gasteiger partial charge in [-0.05, 0) is 37.7 Å². The highest BCUT2D eigenvalue weighted by atomic mass is 14.9. The minimum atomic E-state index is 1.20. The molecule has 0 amide bonds. The Hall–Kier alpha value is -0.850. The number of aromatic nitrogens is 1. The van der Waals surface area contributed by atoms with Gasteiger partial charge in [-0.25, -0.2) is 4.57 Å². The standard InChI is InChI=1S/C30H56N/c1-4-7-10-11-12-13-14-15-16-17-18-19-22-26-31-27-25-29(23-20-8-5-2)30(28-31)24-21-9-6-3/h25,27-28H,4-24,26H2,1-3H3/q+1. The Morgan fingerprint density at radius 3 is 1.42 bits per heavy atom. The second kappa shape index (κ2) is 21.0. The normalized spacial score (nSPS) is 11.3. The molecule has 0 aliphatic carbocycles. The second-order valence-electron chi connectivity index (χ2n) is 9.89. The van der Waals surface area contributed by atoms with Gasteiger partial charge in [-0.1, -0.05) is 117 Å². The Morgan fingerprint density at radius 2 is 0.903 bits per heavy atom. The molecule has 0 radical (unpaired) electrons. The van der Waals surface area contributed by atoms with Crippen LogP contribution in [0.15, 0.2) is 18.5 Å². The van der Waals surface area contributed by atoms with Crippen molar-refractivity contribution >= 4 is 0 Å². The molecule has 1 nitrogen and oxygen atoms in total. The molecule has 0 aromatic carbocycles. The maximum Gasteiger partial charge on any atom is 0.172 e. The third-order valence-electron chi connectivity index (χ3n) is 6.82. The molecular formula is C30H56N+. The minimum absolute atomic E-state index is 1.20. The van der Waals surface area contributed by atoms with Crippen molar-refractivity contribution in [2.45, 2.75) is 162 Å². The molecule has 0 saturated carbocycles. The van der Waals surface area contributed by atoms with E-state index in [1.54, 1.807) is 11.1 Å². The van der Waals surface area contributed by atoms with E-state index in [0.29, 0.717) is 0 Å². The Bertz CT molecular complexity index is 507. The fourth-order valence-electron chi connectivity index (χ4n) is 4.67. The monoisotopic (exact) mass is 430 g/mol. The summed E-state index contributed by atoms with van der Waals surface area (Å²) in [4.78, 5) is 0. The van der Waals surface area contributed by atoms with Crippen molar-refractivity contribution < 1.29 is 4.57 Å². The molecule has 0 aliphatic heterocycles. The summed E-state index contributed by atoms with van der Waals surface area (Å²) in [6.45, 7) is 8.11. The van der Waals surface area contributed by atoms with Crippen LogP contribution in [0.25, 0.3) is 0 Å². The molecule has 0 N–H and O–H groups in total. The van der Waals surface area contributed by atoms with Gasteiger partial charge in [-0.2, -0.15) is 0 Å².